The molecular formula is C34H39ClN2O5. The van der Waals surface area contributed by atoms with Crippen LogP contribution in [0.15, 0.2) is 60.2 Å². The van der Waals surface area contributed by atoms with Gasteiger partial charge in [-0.3, -0.25) is 4.79 Å². The van der Waals surface area contributed by atoms with E-state index in [0.717, 1.165) is 76.5 Å². The number of benzene rings is 3. The van der Waals surface area contributed by atoms with Crippen LogP contribution >= 0.6 is 11.6 Å². The number of carbonyl (C=O) groups is 1. The van der Waals surface area contributed by atoms with Crippen molar-refractivity contribution in [1.29, 1.82) is 0 Å². The maximum Gasteiger partial charge on any atom is 0.251 e. The van der Waals surface area contributed by atoms with Crippen LogP contribution in [0.4, 0.5) is 0 Å². The van der Waals surface area contributed by atoms with Crippen molar-refractivity contribution < 1.29 is 23.7 Å². The first-order valence-electron chi connectivity index (χ1n) is 14.4. The first-order valence-corrected chi connectivity index (χ1v) is 14.8. The molecule has 0 aromatic heterocycles. The number of aryl methyl sites for hydroxylation is 2. The molecule has 222 valence electrons. The normalized spacial score (nSPS) is 14.9. The monoisotopic (exact) mass is 590 g/mol. The van der Waals surface area contributed by atoms with Crippen LogP contribution in [-0.4, -0.2) is 57.4 Å². The summed E-state index contributed by atoms with van der Waals surface area (Å²) in [6, 6.07) is 17.9. The van der Waals surface area contributed by atoms with E-state index < -0.39 is 0 Å². The van der Waals surface area contributed by atoms with Crippen molar-refractivity contribution in [2.75, 3.05) is 40.5 Å². The van der Waals surface area contributed by atoms with Gasteiger partial charge in [0.25, 0.3) is 5.91 Å². The predicted octanol–water partition coefficient (Wildman–Crippen LogP) is 6.37. The third kappa shape index (κ3) is 7.20. The highest BCUT2D eigenvalue weighted by atomic mass is 35.5. The van der Waals surface area contributed by atoms with Crippen molar-refractivity contribution in [2.45, 2.75) is 45.7 Å². The Morgan fingerprint density at radius 1 is 0.905 bits per heavy atom. The minimum absolute atomic E-state index is 0.0870. The van der Waals surface area contributed by atoms with E-state index in [1.54, 1.807) is 14.2 Å². The van der Waals surface area contributed by atoms with Gasteiger partial charge in [0.15, 0.2) is 0 Å². The Labute approximate surface area is 253 Å². The molecule has 0 unspecified atom stereocenters. The molecule has 8 heteroatoms. The summed E-state index contributed by atoms with van der Waals surface area (Å²) in [4.78, 5) is 16.0. The quantitative estimate of drug-likeness (QED) is 0.247. The molecule has 1 aliphatic carbocycles. The van der Waals surface area contributed by atoms with Gasteiger partial charge in [-0.15, -0.1) is 0 Å². The second-order valence-electron chi connectivity index (χ2n) is 10.9. The van der Waals surface area contributed by atoms with Gasteiger partial charge in [0.05, 0.1) is 19.2 Å². The summed E-state index contributed by atoms with van der Waals surface area (Å²) in [6.07, 6.45) is 2.83. The van der Waals surface area contributed by atoms with E-state index in [2.05, 4.69) is 5.32 Å². The number of carbonyl (C=O) groups excluding carboxylic acids is 1. The summed E-state index contributed by atoms with van der Waals surface area (Å²) in [5.41, 5.74) is 6.22. The minimum atomic E-state index is 0.0870. The van der Waals surface area contributed by atoms with Crippen molar-refractivity contribution in [3.05, 3.63) is 87.4 Å². The molecule has 5 rings (SSSR count). The zero-order chi connectivity index (χ0) is 29.6. The lowest BCUT2D eigenvalue weighted by molar-refractivity contribution is -0.128. The zero-order valence-electron chi connectivity index (χ0n) is 24.8. The minimum Gasteiger partial charge on any atom is -0.497 e. The number of nitrogens with zero attached hydrogens (tertiary/aromatic N) is 1. The third-order valence-electron chi connectivity index (χ3n) is 7.85. The standard InChI is InChI=1S/C34H39ClN2O5/c1-22-15-32(35)33(16-23(22)2)42-14-13-41-27-9-5-25(6-10-27)30-11-12-36-20-31(30)34(38)37(26-7-8-26)21-24-17-28(39-3)19-29(18-24)40-4/h5-6,9-10,15-19,26,36H,7-8,11-14,20-21H2,1-4H3. The van der Waals surface area contributed by atoms with Crippen LogP contribution in [0.2, 0.25) is 5.02 Å². The number of methoxy groups -OCH3 is 2. The summed E-state index contributed by atoms with van der Waals surface area (Å²) < 4.78 is 22.7. The number of ether oxygens (including phenoxy) is 4. The summed E-state index contributed by atoms with van der Waals surface area (Å²) in [7, 11) is 3.28. The zero-order valence-corrected chi connectivity index (χ0v) is 25.6. The molecule has 1 saturated carbocycles. The fraction of sp³-hybridized carbons (Fsp3) is 0.382. The number of nitrogens with one attached hydrogen (secondary N) is 1. The highest BCUT2D eigenvalue weighted by Gasteiger charge is 2.35. The Kier molecular flexibility index (Phi) is 9.60. The Morgan fingerprint density at radius 3 is 2.24 bits per heavy atom. The second-order valence-corrected chi connectivity index (χ2v) is 11.3. The lowest BCUT2D eigenvalue weighted by Crippen LogP contribution is -2.39. The van der Waals surface area contributed by atoms with Crippen molar-refractivity contribution in [3.8, 4) is 23.0 Å². The molecule has 1 aliphatic heterocycles. The third-order valence-corrected chi connectivity index (χ3v) is 8.14. The van der Waals surface area contributed by atoms with E-state index in [1.807, 2.05) is 73.3 Å². The molecule has 1 fully saturated rings. The van der Waals surface area contributed by atoms with E-state index in [9.17, 15) is 4.79 Å². The fourth-order valence-corrected chi connectivity index (χ4v) is 5.49. The van der Waals surface area contributed by atoms with Crippen molar-refractivity contribution in [2.24, 2.45) is 0 Å². The highest BCUT2D eigenvalue weighted by molar-refractivity contribution is 6.32. The molecule has 0 radical (unpaired) electrons. The maximum absolute atomic E-state index is 14.0. The van der Waals surface area contributed by atoms with Gasteiger partial charge in [-0.2, -0.15) is 0 Å². The van der Waals surface area contributed by atoms with Gasteiger partial charge in [0.1, 0.15) is 36.2 Å². The maximum atomic E-state index is 14.0. The Hall–Kier alpha value is -3.68. The number of hydrogen-bond donors (Lipinski definition) is 1. The molecule has 1 heterocycles. The van der Waals surface area contributed by atoms with E-state index in [1.165, 1.54) is 0 Å². The summed E-state index contributed by atoms with van der Waals surface area (Å²) in [5.74, 6) is 2.94. The molecule has 0 bridgehead atoms. The second kappa shape index (κ2) is 13.5. The summed E-state index contributed by atoms with van der Waals surface area (Å²) in [6.45, 7) is 6.74. The largest absolute Gasteiger partial charge is 0.497 e. The molecule has 3 aromatic carbocycles. The van der Waals surface area contributed by atoms with E-state index in [4.69, 9.17) is 30.5 Å². The average molecular weight is 591 g/mol. The SMILES string of the molecule is COc1cc(CN(C(=O)C2=C(c3ccc(OCCOc4cc(C)c(C)cc4Cl)cc3)CCNC2)C2CC2)cc(OC)c1. The van der Waals surface area contributed by atoms with Gasteiger partial charge in [-0.05, 0) is 104 Å². The molecule has 0 saturated heterocycles. The van der Waals surface area contributed by atoms with Gasteiger partial charge in [0.2, 0.25) is 0 Å². The number of hydrogen-bond acceptors (Lipinski definition) is 6. The highest BCUT2D eigenvalue weighted by Crippen LogP contribution is 2.34. The molecule has 7 nitrogen and oxygen atoms in total. The van der Waals surface area contributed by atoms with Crippen molar-refractivity contribution in [1.82, 2.24) is 10.2 Å². The first-order chi connectivity index (χ1) is 20.4. The molecule has 42 heavy (non-hydrogen) atoms. The smallest absolute Gasteiger partial charge is 0.251 e. The number of rotatable bonds is 12. The lowest BCUT2D eigenvalue weighted by Gasteiger charge is -2.28. The van der Waals surface area contributed by atoms with Gasteiger partial charge in [0, 0.05) is 30.8 Å². The van der Waals surface area contributed by atoms with E-state index in [-0.39, 0.29) is 11.9 Å². The molecule has 1 N–H and O–H groups in total. The molecule has 3 aromatic rings. The molecular weight excluding hydrogens is 552 g/mol. The lowest BCUT2D eigenvalue weighted by atomic mass is 9.93. The van der Waals surface area contributed by atoms with Gasteiger partial charge >= 0.3 is 0 Å². The van der Waals surface area contributed by atoms with Gasteiger partial charge < -0.3 is 29.2 Å². The Balaban J connectivity index is 1.26. The summed E-state index contributed by atoms with van der Waals surface area (Å²) in [5, 5.41) is 4.01. The van der Waals surface area contributed by atoms with E-state index >= 15 is 0 Å². The fourth-order valence-electron chi connectivity index (χ4n) is 5.22. The molecule has 1 amide bonds. The molecule has 0 atom stereocenters. The predicted molar refractivity (Wildman–Crippen MR) is 166 cm³/mol. The van der Waals surface area contributed by atoms with Gasteiger partial charge in [-0.1, -0.05) is 23.7 Å². The average Bonchev–Trinajstić information content (AvgIpc) is 3.86. The molecule has 0 spiro atoms. The number of amides is 1. The van der Waals surface area contributed by atoms with Gasteiger partial charge in [-0.25, -0.2) is 0 Å². The first kappa shape index (κ1) is 29.8. The van der Waals surface area contributed by atoms with E-state index in [0.29, 0.717) is 37.1 Å². The van der Waals surface area contributed by atoms with Crippen LogP contribution in [0.1, 0.15) is 41.5 Å². The number of halogens is 1. The molecule has 2 aliphatic rings. The van der Waals surface area contributed by atoms with Crippen LogP contribution in [0, 0.1) is 13.8 Å². The van der Waals surface area contributed by atoms with Crippen LogP contribution < -0.4 is 24.3 Å². The van der Waals surface area contributed by atoms with Crippen LogP contribution in [0.5, 0.6) is 23.0 Å². The van der Waals surface area contributed by atoms with Crippen LogP contribution in [-0.2, 0) is 11.3 Å². The Bertz CT molecular complexity index is 1430. The topological polar surface area (TPSA) is 69.3 Å². The summed E-state index contributed by atoms with van der Waals surface area (Å²) >= 11 is 6.32. The van der Waals surface area contributed by atoms with Crippen LogP contribution in [0.3, 0.4) is 0 Å². The van der Waals surface area contributed by atoms with Crippen molar-refractivity contribution >= 4 is 23.1 Å². The van der Waals surface area contributed by atoms with Crippen LogP contribution in [0.25, 0.3) is 5.57 Å². The van der Waals surface area contributed by atoms with Crippen molar-refractivity contribution in [3.63, 3.8) is 0 Å². The Morgan fingerprint density at radius 2 is 1.57 bits per heavy atom.